The standard InChI is InChI=1S/C14H29N3/c1-2-3-7-16-8-4-5-14(12-16)17-9-6-13(10-15)11-17/h13-14H,2-12,15H2,1H3. The lowest BCUT2D eigenvalue weighted by atomic mass is 10.0. The van der Waals surface area contributed by atoms with E-state index < -0.39 is 0 Å². The van der Waals surface area contributed by atoms with Crippen molar-refractivity contribution in [2.45, 2.75) is 45.1 Å². The summed E-state index contributed by atoms with van der Waals surface area (Å²) in [6.07, 6.45) is 6.79. The van der Waals surface area contributed by atoms with Crippen LogP contribution in [0.5, 0.6) is 0 Å². The summed E-state index contributed by atoms with van der Waals surface area (Å²) in [4.78, 5) is 5.38. The van der Waals surface area contributed by atoms with Gasteiger partial charge in [-0.3, -0.25) is 4.90 Å². The Balaban J connectivity index is 1.77. The molecular weight excluding hydrogens is 210 g/mol. The van der Waals surface area contributed by atoms with Gasteiger partial charge in [-0.2, -0.15) is 0 Å². The van der Waals surface area contributed by atoms with E-state index in [1.807, 2.05) is 0 Å². The number of likely N-dealkylation sites (tertiary alicyclic amines) is 2. The molecule has 0 bridgehead atoms. The van der Waals surface area contributed by atoms with Crippen LogP contribution < -0.4 is 5.73 Å². The van der Waals surface area contributed by atoms with E-state index >= 15 is 0 Å². The van der Waals surface area contributed by atoms with Crippen LogP contribution >= 0.6 is 0 Å². The first kappa shape index (κ1) is 13.3. The zero-order chi connectivity index (χ0) is 12.1. The van der Waals surface area contributed by atoms with Crippen molar-refractivity contribution in [2.24, 2.45) is 11.7 Å². The minimum atomic E-state index is 0.765. The van der Waals surface area contributed by atoms with E-state index in [0.29, 0.717) is 0 Å². The average molecular weight is 239 g/mol. The van der Waals surface area contributed by atoms with Gasteiger partial charge in [-0.1, -0.05) is 13.3 Å². The van der Waals surface area contributed by atoms with Crippen LogP contribution in [0.1, 0.15) is 39.0 Å². The van der Waals surface area contributed by atoms with Crippen LogP contribution in [0.4, 0.5) is 0 Å². The Bertz CT molecular complexity index is 220. The Morgan fingerprint density at radius 1 is 1.18 bits per heavy atom. The summed E-state index contributed by atoms with van der Waals surface area (Å²) in [5.74, 6) is 0.765. The molecule has 100 valence electrons. The van der Waals surface area contributed by atoms with Gasteiger partial charge in [-0.05, 0) is 57.8 Å². The maximum Gasteiger partial charge on any atom is 0.0223 e. The molecule has 0 aromatic rings. The molecular formula is C14H29N3. The van der Waals surface area contributed by atoms with Gasteiger partial charge in [0.05, 0.1) is 0 Å². The summed E-state index contributed by atoms with van der Waals surface area (Å²) in [6.45, 7) is 9.64. The van der Waals surface area contributed by atoms with Gasteiger partial charge in [0.25, 0.3) is 0 Å². The Kier molecular flexibility index (Phi) is 5.26. The lowest BCUT2D eigenvalue weighted by Gasteiger charge is -2.37. The third-order valence-corrected chi connectivity index (χ3v) is 4.48. The second-order valence-corrected chi connectivity index (χ2v) is 5.84. The normalized spacial score (nSPS) is 32.1. The van der Waals surface area contributed by atoms with Crippen LogP contribution in [-0.2, 0) is 0 Å². The first-order valence-corrected chi connectivity index (χ1v) is 7.50. The van der Waals surface area contributed by atoms with E-state index in [2.05, 4.69) is 16.7 Å². The van der Waals surface area contributed by atoms with Gasteiger partial charge in [0.1, 0.15) is 0 Å². The van der Waals surface area contributed by atoms with Crippen LogP contribution in [0.3, 0.4) is 0 Å². The zero-order valence-corrected chi connectivity index (χ0v) is 11.4. The molecule has 0 amide bonds. The van der Waals surface area contributed by atoms with Gasteiger partial charge < -0.3 is 10.6 Å². The van der Waals surface area contributed by atoms with Gasteiger partial charge in [0.2, 0.25) is 0 Å². The van der Waals surface area contributed by atoms with Crippen LogP contribution in [0, 0.1) is 5.92 Å². The summed E-state index contributed by atoms with van der Waals surface area (Å²) < 4.78 is 0. The SMILES string of the molecule is CCCCN1CCCC(N2CCC(CN)C2)C1. The lowest BCUT2D eigenvalue weighted by molar-refractivity contribution is 0.112. The molecule has 2 atom stereocenters. The molecule has 0 radical (unpaired) electrons. The average Bonchev–Trinajstić information content (AvgIpc) is 2.85. The molecule has 2 unspecified atom stereocenters. The van der Waals surface area contributed by atoms with E-state index in [-0.39, 0.29) is 0 Å². The molecule has 0 saturated carbocycles. The summed E-state index contributed by atoms with van der Waals surface area (Å²) in [6, 6.07) is 0.817. The number of nitrogens with two attached hydrogens (primary N) is 1. The zero-order valence-electron chi connectivity index (χ0n) is 11.4. The molecule has 2 aliphatic heterocycles. The second-order valence-electron chi connectivity index (χ2n) is 5.84. The maximum absolute atomic E-state index is 5.78. The minimum Gasteiger partial charge on any atom is -0.330 e. The van der Waals surface area contributed by atoms with E-state index in [1.54, 1.807) is 0 Å². The Labute approximate surface area is 106 Å². The number of unbranched alkanes of at least 4 members (excludes halogenated alkanes) is 1. The second kappa shape index (κ2) is 6.72. The third kappa shape index (κ3) is 3.67. The Morgan fingerprint density at radius 3 is 2.76 bits per heavy atom. The first-order chi connectivity index (χ1) is 8.33. The van der Waals surface area contributed by atoms with E-state index in [4.69, 9.17) is 5.73 Å². The van der Waals surface area contributed by atoms with Gasteiger partial charge in [-0.15, -0.1) is 0 Å². The van der Waals surface area contributed by atoms with Crippen molar-refractivity contribution in [1.82, 2.24) is 9.80 Å². The van der Waals surface area contributed by atoms with Gasteiger partial charge in [-0.25, -0.2) is 0 Å². The summed E-state index contributed by atoms with van der Waals surface area (Å²) in [7, 11) is 0. The number of hydrogen-bond acceptors (Lipinski definition) is 3. The highest BCUT2D eigenvalue weighted by Gasteiger charge is 2.30. The molecule has 2 rings (SSSR count). The van der Waals surface area contributed by atoms with Crippen LogP contribution in [-0.4, -0.2) is 55.1 Å². The smallest absolute Gasteiger partial charge is 0.0223 e. The predicted octanol–water partition coefficient (Wildman–Crippen LogP) is 1.53. The molecule has 17 heavy (non-hydrogen) atoms. The number of hydrogen-bond donors (Lipinski definition) is 1. The van der Waals surface area contributed by atoms with Crippen molar-refractivity contribution in [1.29, 1.82) is 0 Å². The first-order valence-electron chi connectivity index (χ1n) is 7.50. The lowest BCUT2D eigenvalue weighted by Crippen LogP contribution is -2.47. The van der Waals surface area contributed by atoms with Crippen molar-refractivity contribution in [3.05, 3.63) is 0 Å². The largest absolute Gasteiger partial charge is 0.330 e. The fourth-order valence-electron chi connectivity index (χ4n) is 3.30. The highest BCUT2D eigenvalue weighted by molar-refractivity contribution is 4.86. The van der Waals surface area contributed by atoms with Crippen LogP contribution in [0.25, 0.3) is 0 Å². The topological polar surface area (TPSA) is 32.5 Å². The summed E-state index contributed by atoms with van der Waals surface area (Å²) in [5.41, 5.74) is 5.78. The van der Waals surface area contributed by atoms with Gasteiger partial charge in [0.15, 0.2) is 0 Å². The third-order valence-electron chi connectivity index (χ3n) is 4.48. The van der Waals surface area contributed by atoms with Crippen molar-refractivity contribution >= 4 is 0 Å². The molecule has 2 saturated heterocycles. The van der Waals surface area contributed by atoms with Crippen LogP contribution in [0.15, 0.2) is 0 Å². The minimum absolute atomic E-state index is 0.765. The number of piperidine rings is 1. The van der Waals surface area contributed by atoms with Crippen molar-refractivity contribution in [3.63, 3.8) is 0 Å². The van der Waals surface area contributed by atoms with E-state index in [0.717, 1.165) is 18.5 Å². The maximum atomic E-state index is 5.78. The molecule has 2 N–H and O–H groups in total. The molecule has 0 aromatic heterocycles. The Morgan fingerprint density at radius 2 is 2.06 bits per heavy atom. The van der Waals surface area contributed by atoms with Crippen molar-refractivity contribution < 1.29 is 0 Å². The Hall–Kier alpha value is -0.120. The van der Waals surface area contributed by atoms with Crippen LogP contribution in [0.2, 0.25) is 0 Å². The fraction of sp³-hybridized carbons (Fsp3) is 1.00. The highest BCUT2D eigenvalue weighted by Crippen LogP contribution is 2.23. The quantitative estimate of drug-likeness (QED) is 0.790. The van der Waals surface area contributed by atoms with E-state index in [9.17, 15) is 0 Å². The number of nitrogens with zero attached hydrogens (tertiary/aromatic N) is 2. The molecule has 0 spiro atoms. The molecule has 0 aromatic carbocycles. The molecule has 2 heterocycles. The molecule has 2 fully saturated rings. The number of rotatable bonds is 5. The predicted molar refractivity (Wildman–Crippen MR) is 73.1 cm³/mol. The molecule has 2 aliphatic rings. The summed E-state index contributed by atoms with van der Waals surface area (Å²) in [5, 5.41) is 0. The summed E-state index contributed by atoms with van der Waals surface area (Å²) >= 11 is 0. The monoisotopic (exact) mass is 239 g/mol. The van der Waals surface area contributed by atoms with Crippen molar-refractivity contribution in [3.8, 4) is 0 Å². The molecule has 3 heteroatoms. The molecule has 3 nitrogen and oxygen atoms in total. The fourth-order valence-corrected chi connectivity index (χ4v) is 3.30. The van der Waals surface area contributed by atoms with E-state index in [1.165, 1.54) is 64.8 Å². The van der Waals surface area contributed by atoms with Gasteiger partial charge >= 0.3 is 0 Å². The molecule has 0 aliphatic carbocycles. The van der Waals surface area contributed by atoms with Gasteiger partial charge in [0, 0.05) is 19.1 Å². The highest BCUT2D eigenvalue weighted by atomic mass is 15.2. The van der Waals surface area contributed by atoms with Crippen molar-refractivity contribution in [2.75, 3.05) is 39.3 Å².